The highest BCUT2D eigenvalue weighted by Gasteiger charge is 2.16. The number of hydrogen-bond donors (Lipinski definition) is 1. The van der Waals surface area contributed by atoms with E-state index in [1.807, 2.05) is 42.5 Å². The normalized spacial score (nSPS) is 12.0. The van der Waals surface area contributed by atoms with Gasteiger partial charge in [0.1, 0.15) is 11.6 Å². The fraction of sp³-hybridized carbons (Fsp3) is 0.105. The lowest BCUT2D eigenvalue weighted by Crippen LogP contribution is -2.30. The summed E-state index contributed by atoms with van der Waals surface area (Å²) in [4.78, 5) is 12.2. The van der Waals surface area contributed by atoms with Crippen LogP contribution < -0.4 is 10.1 Å². The molecule has 1 N–H and O–H groups in total. The van der Waals surface area contributed by atoms with Crippen LogP contribution in [0.1, 0.15) is 6.92 Å². The number of benzene rings is 3. The number of nitrogens with one attached hydrogen (secondary N) is 1. The largest absolute Gasteiger partial charge is 0.481 e. The molecule has 1 amide bonds. The molecule has 0 aliphatic heterocycles. The van der Waals surface area contributed by atoms with Crippen molar-refractivity contribution in [3.05, 3.63) is 71.0 Å². The predicted molar refractivity (Wildman–Crippen MR) is 96.8 cm³/mol. The quantitative estimate of drug-likeness (QED) is 0.672. The number of amides is 1. The Morgan fingerprint density at radius 2 is 1.83 bits per heavy atom. The Bertz CT molecular complexity index is 897. The molecule has 0 heterocycles. The lowest BCUT2D eigenvalue weighted by atomic mass is 10.1. The molecular formula is C19H15BrFNO2. The third kappa shape index (κ3) is 3.74. The lowest BCUT2D eigenvalue weighted by molar-refractivity contribution is -0.122. The van der Waals surface area contributed by atoms with Gasteiger partial charge in [0.25, 0.3) is 5.91 Å². The van der Waals surface area contributed by atoms with Gasteiger partial charge in [-0.2, -0.15) is 0 Å². The van der Waals surface area contributed by atoms with Crippen LogP contribution in [0, 0.1) is 5.82 Å². The summed E-state index contributed by atoms with van der Waals surface area (Å²) in [5.74, 6) is -0.326. The molecule has 122 valence electrons. The molecule has 3 nitrogen and oxygen atoms in total. The van der Waals surface area contributed by atoms with E-state index in [9.17, 15) is 9.18 Å². The third-order valence-electron chi connectivity index (χ3n) is 3.59. The molecule has 5 heteroatoms. The maximum Gasteiger partial charge on any atom is 0.265 e. The second-order valence-electron chi connectivity index (χ2n) is 5.38. The second kappa shape index (κ2) is 7.01. The number of anilines is 1. The molecule has 0 aliphatic carbocycles. The van der Waals surface area contributed by atoms with Crippen molar-refractivity contribution in [2.24, 2.45) is 0 Å². The van der Waals surface area contributed by atoms with Crippen LogP contribution in [0.3, 0.4) is 0 Å². The molecule has 0 radical (unpaired) electrons. The monoisotopic (exact) mass is 387 g/mol. The summed E-state index contributed by atoms with van der Waals surface area (Å²) in [5.41, 5.74) is 0.122. The van der Waals surface area contributed by atoms with Crippen molar-refractivity contribution in [2.45, 2.75) is 13.0 Å². The lowest BCUT2D eigenvalue weighted by Gasteiger charge is -2.15. The van der Waals surface area contributed by atoms with Gasteiger partial charge in [0.15, 0.2) is 6.10 Å². The minimum Gasteiger partial charge on any atom is -0.481 e. The Hall–Kier alpha value is -2.40. The van der Waals surface area contributed by atoms with Crippen molar-refractivity contribution in [2.75, 3.05) is 5.32 Å². The summed E-state index contributed by atoms with van der Waals surface area (Å²) in [6.07, 6.45) is -0.755. The van der Waals surface area contributed by atoms with Crippen LogP contribution in [0.15, 0.2) is 65.1 Å². The van der Waals surface area contributed by atoms with Gasteiger partial charge in [-0.05, 0) is 48.0 Å². The Labute approximate surface area is 147 Å². The van der Waals surface area contributed by atoms with Gasteiger partial charge in [0, 0.05) is 4.47 Å². The maximum absolute atomic E-state index is 13.8. The molecule has 0 aromatic heterocycles. The fourth-order valence-electron chi connectivity index (χ4n) is 2.32. The van der Waals surface area contributed by atoms with E-state index in [1.54, 1.807) is 13.0 Å². The van der Waals surface area contributed by atoms with Gasteiger partial charge in [0.05, 0.1) is 5.69 Å². The van der Waals surface area contributed by atoms with E-state index in [1.165, 1.54) is 12.1 Å². The summed E-state index contributed by atoms with van der Waals surface area (Å²) in [7, 11) is 0. The van der Waals surface area contributed by atoms with Crippen LogP contribution in [0.25, 0.3) is 10.8 Å². The predicted octanol–water partition coefficient (Wildman–Crippen LogP) is 5.15. The Balaban J connectivity index is 1.70. The highest BCUT2D eigenvalue weighted by atomic mass is 79.9. The molecule has 0 saturated carbocycles. The van der Waals surface area contributed by atoms with E-state index in [-0.39, 0.29) is 5.69 Å². The first kappa shape index (κ1) is 16.5. The van der Waals surface area contributed by atoms with Crippen molar-refractivity contribution in [3.63, 3.8) is 0 Å². The van der Waals surface area contributed by atoms with Crippen LogP contribution in [-0.2, 0) is 4.79 Å². The standard InChI is InChI=1S/C19H15BrFNO2/c1-12(19(23)22-18-9-7-15(20)11-17(18)21)24-16-8-6-13-4-2-3-5-14(13)10-16/h2-12H,1H3,(H,22,23). The van der Waals surface area contributed by atoms with Crippen LogP contribution >= 0.6 is 15.9 Å². The van der Waals surface area contributed by atoms with Gasteiger partial charge < -0.3 is 10.1 Å². The Morgan fingerprint density at radius 3 is 2.58 bits per heavy atom. The van der Waals surface area contributed by atoms with E-state index in [4.69, 9.17) is 4.74 Å². The fourth-order valence-corrected chi connectivity index (χ4v) is 2.66. The average Bonchev–Trinajstić information content (AvgIpc) is 2.57. The molecule has 3 rings (SSSR count). The molecule has 0 aliphatic rings. The molecular weight excluding hydrogens is 373 g/mol. The van der Waals surface area contributed by atoms with E-state index in [2.05, 4.69) is 21.2 Å². The molecule has 0 saturated heterocycles. The summed E-state index contributed by atoms with van der Waals surface area (Å²) in [6.45, 7) is 1.63. The Morgan fingerprint density at radius 1 is 1.08 bits per heavy atom. The smallest absolute Gasteiger partial charge is 0.265 e. The van der Waals surface area contributed by atoms with Gasteiger partial charge in [-0.15, -0.1) is 0 Å². The minimum absolute atomic E-state index is 0.122. The Kier molecular flexibility index (Phi) is 4.81. The van der Waals surface area contributed by atoms with Gasteiger partial charge >= 0.3 is 0 Å². The molecule has 24 heavy (non-hydrogen) atoms. The minimum atomic E-state index is -0.755. The number of hydrogen-bond acceptors (Lipinski definition) is 2. The molecule has 0 spiro atoms. The van der Waals surface area contributed by atoms with Gasteiger partial charge in [0.2, 0.25) is 0 Å². The number of halogens is 2. The number of carbonyl (C=O) groups excluding carboxylic acids is 1. The third-order valence-corrected chi connectivity index (χ3v) is 4.09. The zero-order valence-electron chi connectivity index (χ0n) is 12.9. The van der Waals surface area contributed by atoms with Crippen LogP contribution in [0.2, 0.25) is 0 Å². The second-order valence-corrected chi connectivity index (χ2v) is 6.30. The van der Waals surface area contributed by atoms with Crippen LogP contribution in [0.5, 0.6) is 5.75 Å². The first-order chi connectivity index (χ1) is 11.5. The maximum atomic E-state index is 13.8. The number of carbonyl (C=O) groups is 1. The van der Waals surface area contributed by atoms with E-state index in [0.717, 1.165) is 10.8 Å². The average molecular weight is 388 g/mol. The van der Waals surface area contributed by atoms with Crippen molar-refractivity contribution in [3.8, 4) is 5.75 Å². The van der Waals surface area contributed by atoms with Crippen LogP contribution in [-0.4, -0.2) is 12.0 Å². The molecule has 0 fully saturated rings. The summed E-state index contributed by atoms with van der Waals surface area (Å²) < 4.78 is 20.1. The molecule has 3 aromatic rings. The summed E-state index contributed by atoms with van der Waals surface area (Å²) >= 11 is 3.18. The van der Waals surface area contributed by atoms with Gasteiger partial charge in [-0.1, -0.05) is 46.3 Å². The van der Waals surface area contributed by atoms with E-state index < -0.39 is 17.8 Å². The van der Waals surface area contributed by atoms with Crippen molar-refractivity contribution in [1.29, 1.82) is 0 Å². The van der Waals surface area contributed by atoms with E-state index in [0.29, 0.717) is 10.2 Å². The highest BCUT2D eigenvalue weighted by Crippen LogP contribution is 2.23. The van der Waals surface area contributed by atoms with Gasteiger partial charge in [-0.25, -0.2) is 4.39 Å². The van der Waals surface area contributed by atoms with Crippen molar-refractivity contribution in [1.82, 2.24) is 0 Å². The molecule has 1 unspecified atom stereocenters. The first-order valence-electron chi connectivity index (χ1n) is 7.44. The van der Waals surface area contributed by atoms with Gasteiger partial charge in [-0.3, -0.25) is 4.79 Å². The van der Waals surface area contributed by atoms with E-state index >= 15 is 0 Å². The highest BCUT2D eigenvalue weighted by molar-refractivity contribution is 9.10. The zero-order chi connectivity index (χ0) is 17.1. The molecule has 3 aromatic carbocycles. The number of fused-ring (bicyclic) bond motifs is 1. The zero-order valence-corrected chi connectivity index (χ0v) is 14.5. The van der Waals surface area contributed by atoms with Crippen LogP contribution in [0.4, 0.5) is 10.1 Å². The van der Waals surface area contributed by atoms with Crippen molar-refractivity contribution < 1.29 is 13.9 Å². The summed E-state index contributed by atoms with van der Waals surface area (Å²) in [5, 5.41) is 4.66. The number of ether oxygens (including phenoxy) is 1. The molecule has 0 bridgehead atoms. The topological polar surface area (TPSA) is 38.3 Å². The SMILES string of the molecule is CC(Oc1ccc2ccccc2c1)C(=O)Nc1ccc(Br)cc1F. The molecule has 1 atom stereocenters. The summed E-state index contributed by atoms with van der Waals surface area (Å²) in [6, 6.07) is 18.0. The number of rotatable bonds is 4. The first-order valence-corrected chi connectivity index (χ1v) is 8.23. The van der Waals surface area contributed by atoms with Crippen molar-refractivity contribution >= 4 is 38.3 Å².